The Balaban J connectivity index is 1.80. The van der Waals surface area contributed by atoms with Gasteiger partial charge >= 0.3 is 0 Å². The first-order valence-electron chi connectivity index (χ1n) is 8.01. The molecule has 1 aliphatic rings. The Bertz CT molecular complexity index is 695. The van der Waals surface area contributed by atoms with Gasteiger partial charge in [-0.2, -0.15) is 0 Å². The normalized spacial score (nSPS) is 17.9. The van der Waals surface area contributed by atoms with E-state index >= 15 is 0 Å². The molecule has 0 bridgehead atoms. The molecule has 4 nitrogen and oxygen atoms in total. The van der Waals surface area contributed by atoms with E-state index in [1.165, 1.54) is 0 Å². The van der Waals surface area contributed by atoms with Crippen LogP contribution in [0.15, 0.2) is 34.9 Å². The van der Waals surface area contributed by atoms with Crippen molar-refractivity contribution in [1.82, 2.24) is 14.9 Å². The summed E-state index contributed by atoms with van der Waals surface area (Å²) in [4.78, 5) is 22.3. The maximum atomic E-state index is 12.4. The Labute approximate surface area is 145 Å². The number of imidazole rings is 1. The van der Waals surface area contributed by atoms with Crippen LogP contribution in [0.3, 0.4) is 0 Å². The lowest BCUT2D eigenvalue weighted by Gasteiger charge is -2.23. The highest BCUT2D eigenvalue weighted by molar-refractivity contribution is 9.10. The Morgan fingerprint density at radius 3 is 3.04 bits per heavy atom. The summed E-state index contributed by atoms with van der Waals surface area (Å²) in [5.74, 6) is 1.25. The van der Waals surface area contributed by atoms with Gasteiger partial charge in [0.2, 0.25) is 5.91 Å². The lowest BCUT2D eigenvalue weighted by molar-refractivity contribution is -0.129. The molecule has 5 heteroatoms. The van der Waals surface area contributed by atoms with Crippen LogP contribution >= 0.6 is 15.9 Å². The lowest BCUT2D eigenvalue weighted by atomic mass is 10.1. The number of nitrogens with one attached hydrogen (secondary N) is 1. The van der Waals surface area contributed by atoms with Gasteiger partial charge < -0.3 is 9.88 Å². The number of hydrogen-bond acceptors (Lipinski definition) is 2. The number of benzene rings is 1. The van der Waals surface area contributed by atoms with Crippen molar-refractivity contribution in [2.24, 2.45) is 5.92 Å². The highest BCUT2D eigenvalue weighted by Crippen LogP contribution is 2.32. The molecule has 1 radical (unpaired) electrons. The van der Waals surface area contributed by atoms with Crippen LogP contribution in [0, 0.1) is 12.3 Å². The smallest absolute Gasteiger partial charge is 0.227 e. The number of likely N-dealkylation sites (tertiary alicyclic amines) is 1. The fraction of sp³-hybridized carbons (Fsp3) is 0.389. The second-order valence-electron chi connectivity index (χ2n) is 6.29. The summed E-state index contributed by atoms with van der Waals surface area (Å²) in [5.41, 5.74) is 2.07. The van der Waals surface area contributed by atoms with E-state index in [0.717, 1.165) is 40.9 Å². The molecule has 0 spiro atoms. The van der Waals surface area contributed by atoms with Gasteiger partial charge in [-0.3, -0.25) is 4.79 Å². The standard InChI is InChI=1S/C18H21BrN3O/c1-12(2)9-17(23)22-8-4-7-16(22)18-20-11-15(21-18)13-5-3-6-14(19)10-13/h3,5-6,9-12,16H,4,7-8H2,1-2H3,(H,20,21). The predicted molar refractivity (Wildman–Crippen MR) is 94.5 cm³/mol. The van der Waals surface area contributed by atoms with Crippen LogP contribution in [0.5, 0.6) is 0 Å². The number of carbonyl (C=O) groups excluding carboxylic acids is 1. The molecule has 1 atom stereocenters. The van der Waals surface area contributed by atoms with Crippen LogP contribution < -0.4 is 0 Å². The minimum atomic E-state index is 0.0541. The quantitative estimate of drug-likeness (QED) is 0.863. The van der Waals surface area contributed by atoms with E-state index in [1.54, 1.807) is 6.42 Å². The molecule has 1 aromatic carbocycles. The van der Waals surface area contributed by atoms with Crippen LogP contribution in [0.4, 0.5) is 0 Å². The highest BCUT2D eigenvalue weighted by atomic mass is 79.9. The summed E-state index contributed by atoms with van der Waals surface area (Å²) in [6.45, 7) is 4.86. The lowest BCUT2D eigenvalue weighted by Crippen LogP contribution is -2.32. The molecule has 1 aliphatic heterocycles. The molecule has 23 heavy (non-hydrogen) atoms. The molecule has 1 unspecified atom stereocenters. The molecule has 3 rings (SSSR count). The van der Waals surface area contributed by atoms with Crippen molar-refractivity contribution in [2.75, 3.05) is 6.54 Å². The third-order valence-electron chi connectivity index (χ3n) is 4.06. The first kappa shape index (κ1) is 16.2. The van der Waals surface area contributed by atoms with Gasteiger partial charge in [0.25, 0.3) is 0 Å². The SMILES string of the molecule is CC(C)[CH]C(=O)N1CCCC1c1ncc(-c2cccc(Br)c2)[nH]1. The fourth-order valence-corrected chi connectivity index (χ4v) is 3.40. The van der Waals surface area contributed by atoms with Crippen molar-refractivity contribution >= 4 is 21.8 Å². The van der Waals surface area contributed by atoms with E-state index in [9.17, 15) is 4.79 Å². The Kier molecular flexibility index (Phi) is 4.85. The van der Waals surface area contributed by atoms with Gasteiger partial charge in [-0.25, -0.2) is 4.98 Å². The third kappa shape index (κ3) is 3.66. The van der Waals surface area contributed by atoms with Crippen LogP contribution in [0.1, 0.15) is 38.6 Å². The van der Waals surface area contributed by atoms with Crippen LogP contribution in [0.2, 0.25) is 0 Å². The molecule has 2 aromatic rings. The summed E-state index contributed by atoms with van der Waals surface area (Å²) in [5, 5.41) is 0. The van der Waals surface area contributed by atoms with Crippen LogP contribution in [-0.4, -0.2) is 27.3 Å². The zero-order chi connectivity index (χ0) is 16.4. The number of aromatic nitrogens is 2. The van der Waals surface area contributed by atoms with Gasteiger partial charge in [0.05, 0.1) is 24.4 Å². The molecule has 1 amide bonds. The monoisotopic (exact) mass is 374 g/mol. The topological polar surface area (TPSA) is 49.0 Å². The van der Waals surface area contributed by atoms with Crippen molar-refractivity contribution in [1.29, 1.82) is 0 Å². The maximum absolute atomic E-state index is 12.4. The fourth-order valence-electron chi connectivity index (χ4n) is 3.00. The zero-order valence-corrected chi connectivity index (χ0v) is 15.0. The number of rotatable bonds is 4. The zero-order valence-electron chi connectivity index (χ0n) is 13.4. The van der Waals surface area contributed by atoms with Gasteiger partial charge in [0.15, 0.2) is 0 Å². The summed E-state index contributed by atoms with van der Waals surface area (Å²) >= 11 is 3.49. The number of nitrogens with zero attached hydrogens (tertiary/aromatic N) is 2. The van der Waals surface area contributed by atoms with E-state index in [-0.39, 0.29) is 17.9 Å². The van der Waals surface area contributed by atoms with Gasteiger partial charge in [-0.05, 0) is 30.9 Å². The van der Waals surface area contributed by atoms with Gasteiger partial charge in [-0.15, -0.1) is 0 Å². The Morgan fingerprint density at radius 1 is 1.48 bits per heavy atom. The second kappa shape index (κ2) is 6.87. The Hall–Kier alpha value is -1.62. The highest BCUT2D eigenvalue weighted by Gasteiger charge is 2.32. The molecule has 1 N–H and O–H groups in total. The summed E-state index contributed by atoms with van der Waals surface area (Å²) in [7, 11) is 0. The van der Waals surface area contributed by atoms with Crippen molar-refractivity contribution < 1.29 is 4.79 Å². The molecule has 0 aliphatic carbocycles. The minimum Gasteiger partial charge on any atom is -0.340 e. The Morgan fingerprint density at radius 2 is 2.30 bits per heavy atom. The van der Waals surface area contributed by atoms with E-state index in [4.69, 9.17) is 0 Å². The average Bonchev–Trinajstić information content (AvgIpc) is 3.15. The van der Waals surface area contributed by atoms with Crippen molar-refractivity contribution in [3.8, 4) is 11.3 Å². The van der Waals surface area contributed by atoms with Gasteiger partial charge in [0, 0.05) is 16.6 Å². The largest absolute Gasteiger partial charge is 0.340 e. The number of halogens is 1. The minimum absolute atomic E-state index is 0.0541. The van der Waals surface area contributed by atoms with Crippen LogP contribution in [-0.2, 0) is 4.79 Å². The molecule has 2 heterocycles. The number of H-pyrrole nitrogens is 1. The summed E-state index contributed by atoms with van der Waals surface area (Å²) in [6.07, 6.45) is 5.62. The maximum Gasteiger partial charge on any atom is 0.227 e. The molecular weight excluding hydrogens is 354 g/mol. The predicted octanol–water partition coefficient (Wildman–Crippen LogP) is 4.36. The van der Waals surface area contributed by atoms with Gasteiger partial charge in [-0.1, -0.05) is 41.9 Å². The molecule has 1 aromatic heterocycles. The van der Waals surface area contributed by atoms with Gasteiger partial charge in [0.1, 0.15) is 5.82 Å². The van der Waals surface area contributed by atoms with Crippen LogP contribution in [0.25, 0.3) is 11.3 Å². The molecule has 1 fully saturated rings. The molecule has 0 saturated carbocycles. The number of aromatic amines is 1. The first-order valence-corrected chi connectivity index (χ1v) is 8.80. The average molecular weight is 375 g/mol. The van der Waals surface area contributed by atoms with E-state index in [1.807, 2.05) is 43.1 Å². The van der Waals surface area contributed by atoms with E-state index in [0.29, 0.717) is 0 Å². The third-order valence-corrected chi connectivity index (χ3v) is 4.55. The number of carbonyl (C=O) groups is 1. The molecule has 1 saturated heterocycles. The molecule has 121 valence electrons. The number of amides is 1. The molecular formula is C18H21BrN3O. The number of hydrogen-bond donors (Lipinski definition) is 1. The van der Waals surface area contributed by atoms with E-state index in [2.05, 4.69) is 32.0 Å². The summed E-state index contributed by atoms with van der Waals surface area (Å²) < 4.78 is 1.04. The first-order chi connectivity index (χ1) is 11.0. The second-order valence-corrected chi connectivity index (χ2v) is 7.21. The van der Waals surface area contributed by atoms with E-state index < -0.39 is 0 Å². The van der Waals surface area contributed by atoms with Crippen molar-refractivity contribution in [2.45, 2.75) is 32.7 Å². The van der Waals surface area contributed by atoms with Crippen molar-refractivity contribution in [3.05, 3.63) is 47.2 Å². The van der Waals surface area contributed by atoms with Crippen molar-refractivity contribution in [3.63, 3.8) is 0 Å². The summed E-state index contributed by atoms with van der Waals surface area (Å²) in [6, 6.07) is 8.16.